The third-order valence-corrected chi connectivity index (χ3v) is 5.65. The van der Waals surface area contributed by atoms with Crippen LogP contribution in [0.4, 0.5) is 4.79 Å². The predicted octanol–water partition coefficient (Wildman–Crippen LogP) is 3.28. The molecule has 3 N–H and O–H groups in total. The van der Waals surface area contributed by atoms with Crippen molar-refractivity contribution in [1.29, 1.82) is 0 Å². The molecular weight excluding hydrogens is 424 g/mol. The fourth-order valence-electron chi connectivity index (χ4n) is 3.98. The molecular formula is C24H20N4O5. The van der Waals surface area contributed by atoms with Crippen LogP contribution in [0.3, 0.4) is 0 Å². The highest BCUT2D eigenvalue weighted by Gasteiger charge is 2.48. The largest absolute Gasteiger partial charge is 0.497 e. The summed E-state index contributed by atoms with van der Waals surface area (Å²) in [7, 11) is 1.55. The number of nitrogens with one attached hydrogen (secondary N) is 2. The maximum Gasteiger partial charge on any atom is 0.322 e. The molecule has 166 valence electrons. The Balaban J connectivity index is 1.51. The van der Waals surface area contributed by atoms with Crippen molar-refractivity contribution < 1.29 is 24.2 Å². The number of carbonyl (C=O) groups excluding carboxylic acids is 2. The van der Waals surface area contributed by atoms with E-state index in [1.807, 2.05) is 6.07 Å². The van der Waals surface area contributed by atoms with Gasteiger partial charge in [-0.25, -0.2) is 4.79 Å². The fourth-order valence-corrected chi connectivity index (χ4v) is 3.98. The minimum Gasteiger partial charge on any atom is -0.497 e. The highest BCUT2D eigenvalue weighted by Crippen LogP contribution is 2.35. The second-order valence-corrected chi connectivity index (χ2v) is 7.66. The second-order valence-electron chi connectivity index (χ2n) is 7.66. The fraction of sp³-hybridized carbons (Fsp3) is 0.125. The van der Waals surface area contributed by atoms with E-state index in [4.69, 9.17) is 9.47 Å². The summed E-state index contributed by atoms with van der Waals surface area (Å²) < 4.78 is 12.6. The smallest absolute Gasteiger partial charge is 0.322 e. The number of rotatable bonds is 6. The molecule has 1 saturated heterocycles. The first-order chi connectivity index (χ1) is 16.0. The minimum absolute atomic E-state index is 0.0159. The molecule has 3 amide bonds. The van der Waals surface area contributed by atoms with Crippen LogP contribution in [-0.2, 0) is 16.9 Å². The molecule has 5 rings (SSSR count). The maximum atomic E-state index is 13.0. The van der Waals surface area contributed by atoms with Crippen LogP contribution in [0.5, 0.6) is 23.1 Å². The number of nitrogens with zero attached hydrogens (tertiary/aromatic N) is 2. The number of imide groups is 1. The van der Waals surface area contributed by atoms with Gasteiger partial charge in [-0.15, -0.1) is 0 Å². The number of hydrogen-bond acceptors (Lipinski definition) is 6. The summed E-state index contributed by atoms with van der Waals surface area (Å²) in [5, 5.41) is 17.2. The zero-order valence-electron chi connectivity index (χ0n) is 17.6. The molecule has 0 unspecified atom stereocenters. The van der Waals surface area contributed by atoms with E-state index in [-0.39, 0.29) is 12.4 Å². The molecule has 1 atom stereocenters. The molecule has 0 saturated carbocycles. The average Bonchev–Trinajstić information content (AvgIpc) is 3.29. The van der Waals surface area contributed by atoms with Gasteiger partial charge in [0.05, 0.1) is 13.7 Å². The molecule has 4 aromatic rings. The van der Waals surface area contributed by atoms with E-state index in [9.17, 15) is 14.7 Å². The van der Waals surface area contributed by atoms with Gasteiger partial charge in [0.1, 0.15) is 17.2 Å². The van der Waals surface area contributed by atoms with Crippen LogP contribution in [0.1, 0.15) is 5.56 Å². The SMILES string of the molecule is COc1ccc2cn(C[C@@]3(c4ccc(Oc5ccncc5)cc4)NC(=O)NC3=O)c(O)c2c1. The van der Waals surface area contributed by atoms with Gasteiger partial charge in [0, 0.05) is 29.4 Å². The topological polar surface area (TPSA) is 115 Å². The molecule has 0 radical (unpaired) electrons. The van der Waals surface area contributed by atoms with Crippen LogP contribution in [0.2, 0.25) is 0 Å². The van der Waals surface area contributed by atoms with E-state index in [2.05, 4.69) is 15.6 Å². The third kappa shape index (κ3) is 3.59. The van der Waals surface area contributed by atoms with Crippen molar-refractivity contribution in [2.45, 2.75) is 12.1 Å². The molecule has 2 aromatic carbocycles. The van der Waals surface area contributed by atoms with E-state index in [0.717, 1.165) is 5.39 Å². The number of carbonyl (C=O) groups is 2. The summed E-state index contributed by atoms with van der Waals surface area (Å²) in [5.41, 5.74) is -0.870. The quantitative estimate of drug-likeness (QED) is 0.393. The maximum absolute atomic E-state index is 13.0. The van der Waals surface area contributed by atoms with Gasteiger partial charge in [-0.1, -0.05) is 12.1 Å². The van der Waals surface area contributed by atoms with Crippen molar-refractivity contribution in [3.63, 3.8) is 0 Å². The van der Waals surface area contributed by atoms with E-state index < -0.39 is 17.5 Å². The molecule has 0 aliphatic carbocycles. The standard InChI is InChI=1S/C24H20N4O5/c1-32-19-5-2-15-13-28(21(29)20(15)12-19)14-24(22(30)26-23(31)27-24)16-3-6-17(7-4-16)33-18-8-10-25-11-9-18/h2-13,29H,14H2,1H3,(H2,26,27,30,31)/t24-/m0/s1. The number of benzene rings is 2. The first kappa shape index (κ1) is 20.4. The molecule has 1 fully saturated rings. The zero-order chi connectivity index (χ0) is 23.0. The van der Waals surface area contributed by atoms with Gasteiger partial charge in [-0.2, -0.15) is 0 Å². The van der Waals surface area contributed by atoms with Crippen molar-refractivity contribution in [2.24, 2.45) is 0 Å². The molecule has 33 heavy (non-hydrogen) atoms. The van der Waals surface area contributed by atoms with Crippen LogP contribution >= 0.6 is 0 Å². The molecule has 1 aliphatic rings. The van der Waals surface area contributed by atoms with Gasteiger partial charge in [-0.3, -0.25) is 15.1 Å². The molecule has 3 heterocycles. The van der Waals surface area contributed by atoms with Crippen molar-refractivity contribution in [3.05, 3.63) is 78.8 Å². The number of ether oxygens (including phenoxy) is 2. The Morgan fingerprint density at radius 1 is 1.00 bits per heavy atom. The Morgan fingerprint density at radius 3 is 2.36 bits per heavy atom. The first-order valence-corrected chi connectivity index (χ1v) is 10.2. The number of fused-ring (bicyclic) bond motifs is 1. The highest BCUT2D eigenvalue weighted by molar-refractivity contribution is 6.07. The van der Waals surface area contributed by atoms with Gasteiger partial charge < -0.3 is 24.5 Å². The van der Waals surface area contributed by atoms with Crippen LogP contribution in [0, 0.1) is 0 Å². The average molecular weight is 444 g/mol. The van der Waals surface area contributed by atoms with Crippen molar-refractivity contribution in [1.82, 2.24) is 20.2 Å². The Labute approximate surface area is 188 Å². The molecule has 0 bridgehead atoms. The lowest BCUT2D eigenvalue weighted by Crippen LogP contribution is -2.47. The minimum atomic E-state index is -1.41. The van der Waals surface area contributed by atoms with Gasteiger partial charge in [0.25, 0.3) is 5.91 Å². The van der Waals surface area contributed by atoms with E-state index in [0.29, 0.717) is 28.2 Å². The normalized spacial score (nSPS) is 17.6. The lowest BCUT2D eigenvalue weighted by Gasteiger charge is -2.27. The third-order valence-electron chi connectivity index (χ3n) is 5.65. The number of aromatic nitrogens is 2. The molecule has 0 spiro atoms. The summed E-state index contributed by atoms with van der Waals surface area (Å²) in [4.78, 5) is 29.0. The summed E-state index contributed by atoms with van der Waals surface area (Å²) >= 11 is 0. The number of urea groups is 1. The number of aromatic hydroxyl groups is 1. The lowest BCUT2D eigenvalue weighted by atomic mass is 9.89. The summed E-state index contributed by atoms with van der Waals surface area (Å²) in [5.74, 6) is 1.24. The van der Waals surface area contributed by atoms with Crippen LogP contribution in [0.25, 0.3) is 10.8 Å². The number of pyridine rings is 1. The Bertz CT molecular complexity index is 1350. The Hall–Kier alpha value is -4.53. The summed E-state index contributed by atoms with van der Waals surface area (Å²) in [6.07, 6.45) is 4.98. The predicted molar refractivity (Wildman–Crippen MR) is 119 cm³/mol. The second kappa shape index (κ2) is 7.86. The van der Waals surface area contributed by atoms with Gasteiger partial charge in [0.2, 0.25) is 0 Å². The molecule has 1 aliphatic heterocycles. The van der Waals surface area contributed by atoms with E-state index in [1.165, 1.54) is 4.57 Å². The first-order valence-electron chi connectivity index (χ1n) is 10.2. The van der Waals surface area contributed by atoms with E-state index in [1.54, 1.807) is 74.2 Å². The van der Waals surface area contributed by atoms with Gasteiger partial charge >= 0.3 is 6.03 Å². The van der Waals surface area contributed by atoms with Crippen LogP contribution in [-0.4, -0.2) is 33.7 Å². The Kier molecular flexibility index (Phi) is 4.86. The van der Waals surface area contributed by atoms with Crippen LogP contribution in [0.15, 0.2) is 73.2 Å². The van der Waals surface area contributed by atoms with Crippen molar-refractivity contribution in [2.75, 3.05) is 7.11 Å². The number of hydrogen-bond donors (Lipinski definition) is 3. The molecule has 2 aromatic heterocycles. The molecule has 9 nitrogen and oxygen atoms in total. The zero-order valence-corrected chi connectivity index (χ0v) is 17.6. The summed E-state index contributed by atoms with van der Waals surface area (Å²) in [6.45, 7) is -0.0159. The molecule has 9 heteroatoms. The van der Waals surface area contributed by atoms with Gasteiger partial charge in [0.15, 0.2) is 11.4 Å². The van der Waals surface area contributed by atoms with Crippen molar-refractivity contribution in [3.8, 4) is 23.1 Å². The lowest BCUT2D eigenvalue weighted by molar-refractivity contribution is -0.124. The monoisotopic (exact) mass is 444 g/mol. The van der Waals surface area contributed by atoms with Crippen LogP contribution < -0.4 is 20.1 Å². The number of amides is 3. The van der Waals surface area contributed by atoms with Crippen molar-refractivity contribution >= 4 is 22.7 Å². The number of methoxy groups -OCH3 is 1. The Morgan fingerprint density at radius 2 is 1.70 bits per heavy atom. The van der Waals surface area contributed by atoms with E-state index >= 15 is 0 Å². The van der Waals surface area contributed by atoms with Gasteiger partial charge in [-0.05, 0) is 48.0 Å². The highest BCUT2D eigenvalue weighted by atomic mass is 16.5. The summed E-state index contributed by atoms with van der Waals surface area (Å²) in [6, 6.07) is 15.0.